The lowest BCUT2D eigenvalue weighted by Gasteiger charge is -2.10. The van der Waals surface area contributed by atoms with Crippen molar-refractivity contribution in [3.8, 4) is 5.75 Å². The number of methoxy groups -OCH3 is 1. The third-order valence-electron chi connectivity index (χ3n) is 2.63. The molecule has 5 heteroatoms. The summed E-state index contributed by atoms with van der Waals surface area (Å²) in [6.07, 6.45) is 0.463. The van der Waals surface area contributed by atoms with Crippen molar-refractivity contribution < 1.29 is 13.5 Å². The second-order valence-corrected chi connectivity index (χ2v) is 4.29. The van der Waals surface area contributed by atoms with E-state index in [0.717, 1.165) is 5.56 Å². The first kappa shape index (κ1) is 12.9. The summed E-state index contributed by atoms with van der Waals surface area (Å²) in [7, 11) is 1.43. The highest BCUT2D eigenvalue weighted by Crippen LogP contribution is 2.23. The van der Waals surface area contributed by atoms with E-state index in [1.165, 1.54) is 13.2 Å². The van der Waals surface area contributed by atoms with E-state index in [0.29, 0.717) is 17.4 Å². The van der Waals surface area contributed by atoms with Crippen LogP contribution in [0, 0.1) is 5.82 Å². The van der Waals surface area contributed by atoms with Crippen LogP contribution < -0.4 is 10.5 Å². The molecule has 0 bridgehead atoms. The lowest BCUT2D eigenvalue weighted by Crippen LogP contribution is -2.12. The minimum atomic E-state index is -0.403. The van der Waals surface area contributed by atoms with Gasteiger partial charge in [-0.25, -0.2) is 4.39 Å². The van der Waals surface area contributed by atoms with Crippen LogP contribution in [0.25, 0.3) is 0 Å². The van der Waals surface area contributed by atoms with E-state index in [1.807, 2.05) is 0 Å². The fourth-order valence-corrected chi connectivity index (χ4v) is 1.87. The molecule has 1 atom stereocenters. The Hall–Kier alpha value is -1.52. The Labute approximate surface area is 109 Å². The average molecular weight is 270 g/mol. The van der Waals surface area contributed by atoms with Gasteiger partial charge in [0.05, 0.1) is 13.2 Å². The SMILES string of the molecule is COc1ccc(CC(N)c2ccc(Cl)o2)cc1F. The van der Waals surface area contributed by atoms with Gasteiger partial charge in [-0.3, -0.25) is 0 Å². The fraction of sp³-hybridized carbons (Fsp3) is 0.231. The molecule has 0 fully saturated rings. The molecule has 2 aromatic rings. The van der Waals surface area contributed by atoms with Crippen molar-refractivity contribution in [1.29, 1.82) is 0 Å². The summed E-state index contributed by atoms with van der Waals surface area (Å²) in [5.74, 6) is 0.393. The first-order chi connectivity index (χ1) is 8.60. The van der Waals surface area contributed by atoms with Crippen molar-refractivity contribution in [2.24, 2.45) is 5.73 Å². The number of ether oxygens (including phenoxy) is 1. The first-order valence-electron chi connectivity index (χ1n) is 5.43. The molecule has 3 nitrogen and oxygen atoms in total. The number of rotatable bonds is 4. The molecule has 2 N–H and O–H groups in total. The van der Waals surface area contributed by atoms with Gasteiger partial charge in [0.1, 0.15) is 5.76 Å². The molecule has 0 aliphatic heterocycles. The highest BCUT2D eigenvalue weighted by molar-refractivity contribution is 6.28. The van der Waals surface area contributed by atoms with Crippen LogP contribution >= 0.6 is 11.6 Å². The monoisotopic (exact) mass is 269 g/mol. The van der Waals surface area contributed by atoms with Gasteiger partial charge < -0.3 is 14.9 Å². The Bertz CT molecular complexity index is 542. The van der Waals surface area contributed by atoms with E-state index in [-0.39, 0.29) is 11.8 Å². The van der Waals surface area contributed by atoms with Crippen LogP contribution in [-0.2, 0) is 6.42 Å². The van der Waals surface area contributed by atoms with Gasteiger partial charge in [0.2, 0.25) is 0 Å². The van der Waals surface area contributed by atoms with Crippen molar-refractivity contribution in [2.45, 2.75) is 12.5 Å². The first-order valence-corrected chi connectivity index (χ1v) is 5.81. The maximum Gasteiger partial charge on any atom is 0.193 e. The molecule has 0 aliphatic rings. The van der Waals surface area contributed by atoms with Gasteiger partial charge in [-0.15, -0.1) is 0 Å². The van der Waals surface area contributed by atoms with Gasteiger partial charge in [0, 0.05) is 0 Å². The Morgan fingerprint density at radius 2 is 2.17 bits per heavy atom. The number of benzene rings is 1. The van der Waals surface area contributed by atoms with E-state index in [2.05, 4.69) is 0 Å². The Kier molecular flexibility index (Phi) is 3.89. The summed E-state index contributed by atoms with van der Waals surface area (Å²) in [6, 6.07) is 7.74. The van der Waals surface area contributed by atoms with E-state index in [9.17, 15) is 4.39 Å². The quantitative estimate of drug-likeness (QED) is 0.926. The summed E-state index contributed by atoms with van der Waals surface area (Å²) in [5.41, 5.74) is 6.73. The van der Waals surface area contributed by atoms with Gasteiger partial charge in [0.25, 0.3) is 0 Å². The molecule has 0 saturated heterocycles. The Balaban J connectivity index is 2.12. The molecular formula is C13H13ClFNO2. The molecule has 18 heavy (non-hydrogen) atoms. The predicted molar refractivity (Wildman–Crippen MR) is 67.3 cm³/mol. The van der Waals surface area contributed by atoms with Gasteiger partial charge in [-0.1, -0.05) is 6.07 Å². The van der Waals surface area contributed by atoms with E-state index >= 15 is 0 Å². The lowest BCUT2D eigenvalue weighted by atomic mass is 10.0. The molecular weight excluding hydrogens is 257 g/mol. The van der Waals surface area contributed by atoms with Crippen molar-refractivity contribution in [1.82, 2.24) is 0 Å². The van der Waals surface area contributed by atoms with Crippen LogP contribution in [0.1, 0.15) is 17.4 Å². The zero-order valence-corrected chi connectivity index (χ0v) is 10.6. The average Bonchev–Trinajstić information content (AvgIpc) is 2.76. The van der Waals surface area contributed by atoms with E-state index < -0.39 is 5.82 Å². The third kappa shape index (κ3) is 2.83. The van der Waals surface area contributed by atoms with Crippen LogP contribution in [0.5, 0.6) is 5.75 Å². The zero-order valence-electron chi connectivity index (χ0n) is 9.82. The number of nitrogens with two attached hydrogens (primary N) is 1. The highest BCUT2D eigenvalue weighted by atomic mass is 35.5. The number of hydrogen-bond donors (Lipinski definition) is 1. The van der Waals surface area contributed by atoms with Crippen LogP contribution in [0.3, 0.4) is 0 Å². The largest absolute Gasteiger partial charge is 0.494 e. The molecule has 2 rings (SSSR count). The van der Waals surface area contributed by atoms with Crippen LogP contribution in [0.15, 0.2) is 34.7 Å². The smallest absolute Gasteiger partial charge is 0.193 e. The predicted octanol–water partition coefficient (Wildman–Crippen LogP) is 3.32. The van der Waals surface area contributed by atoms with Gasteiger partial charge >= 0.3 is 0 Å². The van der Waals surface area contributed by atoms with Crippen molar-refractivity contribution in [3.05, 3.63) is 52.7 Å². The van der Waals surface area contributed by atoms with Crippen molar-refractivity contribution in [3.63, 3.8) is 0 Å². The molecule has 1 aromatic heterocycles. The number of furan rings is 1. The van der Waals surface area contributed by atoms with Gasteiger partial charge in [0.15, 0.2) is 16.8 Å². The molecule has 1 unspecified atom stereocenters. The molecule has 1 aromatic carbocycles. The van der Waals surface area contributed by atoms with Gasteiger partial charge in [-0.05, 0) is 47.9 Å². The highest BCUT2D eigenvalue weighted by Gasteiger charge is 2.13. The number of halogens is 2. The summed E-state index contributed by atoms with van der Waals surface area (Å²) in [5, 5.41) is 0.293. The van der Waals surface area contributed by atoms with Crippen LogP contribution in [-0.4, -0.2) is 7.11 Å². The zero-order chi connectivity index (χ0) is 13.1. The maximum absolute atomic E-state index is 13.5. The number of hydrogen-bond acceptors (Lipinski definition) is 3. The van der Waals surface area contributed by atoms with E-state index in [4.69, 9.17) is 26.5 Å². The summed E-state index contributed by atoms with van der Waals surface area (Å²) >= 11 is 5.67. The fourth-order valence-electron chi connectivity index (χ4n) is 1.72. The van der Waals surface area contributed by atoms with Crippen LogP contribution in [0.4, 0.5) is 4.39 Å². The summed E-state index contributed by atoms with van der Waals surface area (Å²) in [6.45, 7) is 0. The van der Waals surface area contributed by atoms with Gasteiger partial charge in [-0.2, -0.15) is 0 Å². The summed E-state index contributed by atoms with van der Waals surface area (Å²) < 4.78 is 23.6. The third-order valence-corrected chi connectivity index (χ3v) is 2.83. The molecule has 0 radical (unpaired) electrons. The Morgan fingerprint density at radius 3 is 2.72 bits per heavy atom. The molecule has 96 valence electrons. The maximum atomic E-state index is 13.5. The minimum Gasteiger partial charge on any atom is -0.494 e. The second-order valence-electron chi connectivity index (χ2n) is 3.92. The standard InChI is InChI=1S/C13H13ClFNO2/c1-17-11-3-2-8(6-9(11)15)7-10(16)12-4-5-13(14)18-12/h2-6,10H,7,16H2,1H3. The van der Waals surface area contributed by atoms with E-state index in [1.54, 1.807) is 24.3 Å². The molecule has 0 spiro atoms. The van der Waals surface area contributed by atoms with Crippen molar-refractivity contribution >= 4 is 11.6 Å². The Morgan fingerprint density at radius 1 is 1.39 bits per heavy atom. The van der Waals surface area contributed by atoms with Crippen molar-refractivity contribution in [2.75, 3.05) is 7.11 Å². The van der Waals surface area contributed by atoms with Crippen LogP contribution in [0.2, 0.25) is 5.22 Å². The molecule has 0 aliphatic carbocycles. The second kappa shape index (κ2) is 5.42. The minimum absolute atomic E-state index is 0.216. The normalized spacial score (nSPS) is 12.4. The molecule has 0 amide bonds. The lowest BCUT2D eigenvalue weighted by molar-refractivity contribution is 0.386. The molecule has 1 heterocycles. The topological polar surface area (TPSA) is 48.4 Å². The molecule has 0 saturated carbocycles. The summed E-state index contributed by atoms with van der Waals surface area (Å²) in [4.78, 5) is 0.